The smallest absolute Gasteiger partial charge is 0.191 e. The molecule has 19 heavy (non-hydrogen) atoms. The van der Waals surface area contributed by atoms with E-state index < -0.39 is 8.32 Å². The summed E-state index contributed by atoms with van der Waals surface area (Å²) in [5, 5.41) is 0.329. The number of ether oxygens (including phenoxy) is 1. The van der Waals surface area contributed by atoms with E-state index in [2.05, 4.69) is 40.4 Å². The molecule has 0 amide bonds. The van der Waals surface area contributed by atoms with Gasteiger partial charge in [0.2, 0.25) is 0 Å². The molecular weight excluding hydrogens is 252 g/mol. The van der Waals surface area contributed by atoms with E-state index in [-0.39, 0.29) is 0 Å². The van der Waals surface area contributed by atoms with E-state index in [1.54, 1.807) is 6.08 Å². The molecule has 0 rings (SSSR count). The molecule has 0 atom stereocenters. The monoisotopic (exact) mass is 286 g/mol. The molecule has 0 aliphatic heterocycles. The Kier molecular flexibility index (Phi) is 9.67. The summed E-state index contributed by atoms with van der Waals surface area (Å²) in [7, 11) is -1.52. The topological polar surface area (TPSA) is 18.5 Å². The lowest BCUT2D eigenvalue weighted by molar-refractivity contribution is 0.157. The second kappa shape index (κ2) is 9.73. The zero-order valence-electron chi connectivity index (χ0n) is 13.8. The zero-order chi connectivity index (χ0) is 14.8. The molecule has 0 radical (unpaired) electrons. The van der Waals surface area contributed by atoms with E-state index >= 15 is 0 Å². The van der Waals surface area contributed by atoms with Crippen molar-refractivity contribution < 1.29 is 9.16 Å². The lowest BCUT2D eigenvalue weighted by atomic mass is 10.1. The normalized spacial score (nSPS) is 12.7. The molecule has 0 aromatic heterocycles. The third-order valence-corrected chi connectivity index (χ3v) is 8.48. The van der Waals surface area contributed by atoms with Gasteiger partial charge in [0.05, 0.1) is 6.61 Å². The second-order valence-corrected chi connectivity index (χ2v) is 11.5. The van der Waals surface area contributed by atoms with Gasteiger partial charge in [0.25, 0.3) is 0 Å². The Labute approximate surface area is 121 Å². The Morgan fingerprint density at radius 3 is 2.00 bits per heavy atom. The van der Waals surface area contributed by atoms with Gasteiger partial charge in [-0.1, -0.05) is 46.1 Å². The highest BCUT2D eigenvalue weighted by Crippen LogP contribution is 2.36. The van der Waals surface area contributed by atoms with Gasteiger partial charge in [-0.2, -0.15) is 0 Å². The van der Waals surface area contributed by atoms with Gasteiger partial charge in [-0.3, -0.25) is 0 Å². The number of unbranched alkanes of at least 4 members (excludes halogenated alkanes) is 4. The van der Waals surface area contributed by atoms with E-state index in [9.17, 15) is 0 Å². The van der Waals surface area contributed by atoms with E-state index in [1.165, 1.54) is 25.7 Å². The van der Waals surface area contributed by atoms with Gasteiger partial charge >= 0.3 is 0 Å². The highest BCUT2D eigenvalue weighted by Gasteiger charge is 2.36. The first kappa shape index (κ1) is 18.9. The van der Waals surface area contributed by atoms with Crippen LogP contribution in [0.3, 0.4) is 0 Å². The molecule has 0 aliphatic rings. The molecule has 0 saturated carbocycles. The summed E-state index contributed by atoms with van der Waals surface area (Å²) in [5.41, 5.74) is 0. The van der Waals surface area contributed by atoms with E-state index in [4.69, 9.17) is 9.16 Å². The third-order valence-electron chi connectivity index (χ3n) is 3.94. The molecule has 114 valence electrons. The van der Waals surface area contributed by atoms with Crippen LogP contribution in [0.2, 0.25) is 18.1 Å². The minimum absolute atomic E-state index is 0.329. The van der Waals surface area contributed by atoms with Crippen molar-refractivity contribution in [1.82, 2.24) is 0 Å². The Bertz CT molecular complexity index is 231. The lowest BCUT2D eigenvalue weighted by Gasteiger charge is -2.36. The minimum atomic E-state index is -1.52. The molecule has 3 heteroatoms. The van der Waals surface area contributed by atoms with Gasteiger partial charge in [-0.05, 0) is 31.0 Å². The fourth-order valence-corrected chi connectivity index (χ4v) is 2.63. The van der Waals surface area contributed by atoms with Crippen molar-refractivity contribution in [3.8, 4) is 0 Å². The Balaban J connectivity index is 3.39. The Morgan fingerprint density at radius 2 is 1.47 bits per heavy atom. The first-order chi connectivity index (χ1) is 8.81. The fraction of sp³-hybridized carbons (Fsp3) is 0.875. The summed E-state index contributed by atoms with van der Waals surface area (Å²) in [6.07, 6.45) is 7.99. The predicted octanol–water partition coefficient (Wildman–Crippen LogP) is 5.16. The van der Waals surface area contributed by atoms with Crippen molar-refractivity contribution in [3.05, 3.63) is 12.7 Å². The van der Waals surface area contributed by atoms with Gasteiger partial charge in [0.15, 0.2) is 8.32 Å². The molecule has 0 saturated heterocycles. The van der Waals surface area contributed by atoms with Crippen LogP contribution in [-0.4, -0.2) is 28.1 Å². The van der Waals surface area contributed by atoms with Gasteiger partial charge in [-0.25, -0.2) is 0 Å². The SMILES string of the molecule is C=CCOCCCCCCCO[Si](C)(C)C(C)(C)C. The molecular formula is C16H34O2Si. The first-order valence-corrected chi connectivity index (χ1v) is 10.5. The summed E-state index contributed by atoms with van der Waals surface area (Å²) >= 11 is 0. The number of rotatable bonds is 11. The lowest BCUT2D eigenvalue weighted by Crippen LogP contribution is -2.40. The molecule has 0 unspecified atom stereocenters. The van der Waals surface area contributed by atoms with Gasteiger partial charge in [0, 0.05) is 13.2 Å². The summed E-state index contributed by atoms with van der Waals surface area (Å²) in [5.74, 6) is 0. The fourth-order valence-electron chi connectivity index (χ4n) is 1.55. The zero-order valence-corrected chi connectivity index (χ0v) is 14.8. The van der Waals surface area contributed by atoms with Crippen molar-refractivity contribution in [2.24, 2.45) is 0 Å². The number of hydrogen-bond donors (Lipinski definition) is 0. The molecule has 0 fully saturated rings. The first-order valence-electron chi connectivity index (χ1n) is 7.64. The maximum absolute atomic E-state index is 6.16. The van der Waals surface area contributed by atoms with Crippen LogP contribution in [0.15, 0.2) is 12.7 Å². The van der Waals surface area contributed by atoms with Crippen LogP contribution in [-0.2, 0) is 9.16 Å². The van der Waals surface area contributed by atoms with Crippen molar-refractivity contribution >= 4 is 8.32 Å². The second-order valence-electron chi connectivity index (χ2n) is 6.74. The third kappa shape index (κ3) is 9.42. The Hall–Kier alpha value is -0.123. The maximum atomic E-state index is 6.16. The highest BCUT2D eigenvalue weighted by atomic mass is 28.4. The standard InChI is InChI=1S/C16H34O2Si/c1-7-13-17-14-11-9-8-10-12-15-18-19(5,6)16(2,3)4/h7H,1,8-15H2,2-6H3. The van der Waals surface area contributed by atoms with Crippen LogP contribution in [0.1, 0.15) is 52.9 Å². The average Bonchev–Trinajstić information content (AvgIpc) is 2.30. The molecule has 0 heterocycles. The molecule has 0 aromatic rings. The summed E-state index contributed by atoms with van der Waals surface area (Å²) < 4.78 is 11.5. The molecule has 0 spiro atoms. The van der Waals surface area contributed by atoms with Crippen LogP contribution in [0.25, 0.3) is 0 Å². The Morgan fingerprint density at radius 1 is 0.947 bits per heavy atom. The average molecular weight is 287 g/mol. The highest BCUT2D eigenvalue weighted by molar-refractivity contribution is 6.74. The molecule has 0 aromatic carbocycles. The summed E-state index contributed by atoms with van der Waals surface area (Å²) in [4.78, 5) is 0. The molecule has 0 N–H and O–H groups in total. The minimum Gasteiger partial charge on any atom is -0.417 e. The van der Waals surface area contributed by atoms with Crippen LogP contribution in [0.4, 0.5) is 0 Å². The van der Waals surface area contributed by atoms with E-state index in [1.807, 2.05) is 0 Å². The van der Waals surface area contributed by atoms with Crippen LogP contribution in [0.5, 0.6) is 0 Å². The predicted molar refractivity (Wildman–Crippen MR) is 87.3 cm³/mol. The maximum Gasteiger partial charge on any atom is 0.191 e. The molecule has 2 nitrogen and oxygen atoms in total. The summed E-state index contributed by atoms with van der Waals surface area (Å²) in [6.45, 7) is 17.6. The number of hydrogen-bond acceptors (Lipinski definition) is 2. The van der Waals surface area contributed by atoms with Crippen molar-refractivity contribution in [2.45, 2.75) is 71.0 Å². The van der Waals surface area contributed by atoms with Gasteiger partial charge < -0.3 is 9.16 Å². The van der Waals surface area contributed by atoms with Crippen LogP contribution < -0.4 is 0 Å². The largest absolute Gasteiger partial charge is 0.417 e. The molecule has 0 bridgehead atoms. The van der Waals surface area contributed by atoms with Gasteiger partial charge in [0.1, 0.15) is 0 Å². The van der Waals surface area contributed by atoms with Crippen molar-refractivity contribution in [3.63, 3.8) is 0 Å². The quantitative estimate of drug-likeness (QED) is 0.297. The van der Waals surface area contributed by atoms with Crippen LogP contribution >= 0.6 is 0 Å². The van der Waals surface area contributed by atoms with E-state index in [0.717, 1.165) is 19.6 Å². The van der Waals surface area contributed by atoms with E-state index in [0.29, 0.717) is 11.6 Å². The molecule has 0 aliphatic carbocycles. The van der Waals surface area contributed by atoms with Crippen molar-refractivity contribution in [2.75, 3.05) is 19.8 Å². The summed E-state index contributed by atoms with van der Waals surface area (Å²) in [6, 6.07) is 0. The van der Waals surface area contributed by atoms with Crippen molar-refractivity contribution in [1.29, 1.82) is 0 Å². The van der Waals surface area contributed by atoms with Gasteiger partial charge in [-0.15, -0.1) is 6.58 Å². The van der Waals surface area contributed by atoms with Crippen LogP contribution in [0, 0.1) is 0 Å².